The van der Waals surface area contributed by atoms with Crippen LogP contribution in [-0.2, 0) is 19.0 Å². The summed E-state index contributed by atoms with van der Waals surface area (Å²) in [7, 11) is 0. The van der Waals surface area contributed by atoms with E-state index in [-0.39, 0.29) is 24.8 Å². The lowest BCUT2D eigenvalue weighted by atomic mass is 10.2. The van der Waals surface area contributed by atoms with Gasteiger partial charge in [0, 0.05) is 18.8 Å². The van der Waals surface area contributed by atoms with Gasteiger partial charge < -0.3 is 19.3 Å². The number of carbonyl (C=O) groups excluding carboxylic acids is 1. The van der Waals surface area contributed by atoms with E-state index >= 15 is 0 Å². The molecule has 18 heavy (non-hydrogen) atoms. The highest BCUT2D eigenvalue weighted by Crippen LogP contribution is 2.12. The van der Waals surface area contributed by atoms with E-state index in [0.717, 1.165) is 32.5 Å². The largest absolute Gasteiger partial charge is 0.460 e. The van der Waals surface area contributed by atoms with Crippen LogP contribution < -0.4 is 0 Å². The van der Waals surface area contributed by atoms with Gasteiger partial charge in [0.2, 0.25) is 0 Å². The first-order chi connectivity index (χ1) is 8.63. The second-order valence-corrected chi connectivity index (χ2v) is 4.48. The predicted octanol–water partition coefficient (Wildman–Crippen LogP) is 1.05. The third-order valence-electron chi connectivity index (χ3n) is 2.77. The Hall–Kier alpha value is -0.910. The Kier molecular flexibility index (Phi) is 6.93. The number of aliphatic hydroxyl groups is 1. The monoisotopic (exact) mass is 258 g/mol. The minimum absolute atomic E-state index is 0.105. The van der Waals surface area contributed by atoms with Crippen LogP contribution in [0.15, 0.2) is 12.2 Å². The molecule has 0 aliphatic carbocycles. The zero-order valence-corrected chi connectivity index (χ0v) is 10.9. The molecule has 0 aromatic carbocycles. The molecule has 2 aliphatic heterocycles. The van der Waals surface area contributed by atoms with E-state index in [1.54, 1.807) is 6.92 Å². The van der Waals surface area contributed by atoms with Crippen molar-refractivity contribution in [3.63, 3.8) is 0 Å². The smallest absolute Gasteiger partial charge is 0.333 e. The highest BCUT2D eigenvalue weighted by Gasteiger charge is 2.17. The summed E-state index contributed by atoms with van der Waals surface area (Å²) in [6.07, 6.45) is 3.37. The summed E-state index contributed by atoms with van der Waals surface area (Å²) in [6, 6.07) is 0. The summed E-state index contributed by atoms with van der Waals surface area (Å²) in [4.78, 5) is 10.9. The van der Waals surface area contributed by atoms with E-state index in [1.807, 2.05) is 0 Å². The molecule has 0 saturated carbocycles. The topological polar surface area (TPSA) is 65.0 Å². The predicted molar refractivity (Wildman–Crippen MR) is 66.2 cm³/mol. The quantitative estimate of drug-likeness (QED) is 0.603. The molecule has 0 amide bonds. The SMILES string of the molecule is C=C(C)C(=O)OCC1CCCO1.OCC1CCO1. The number of aliphatic hydroxyl groups excluding tert-OH is 1. The summed E-state index contributed by atoms with van der Waals surface area (Å²) >= 11 is 0. The molecule has 1 N–H and O–H groups in total. The molecule has 0 aromatic rings. The summed E-state index contributed by atoms with van der Waals surface area (Å²) in [5, 5.41) is 8.26. The van der Waals surface area contributed by atoms with Gasteiger partial charge in [-0.05, 0) is 26.2 Å². The zero-order valence-electron chi connectivity index (χ0n) is 10.9. The second kappa shape index (κ2) is 8.24. The van der Waals surface area contributed by atoms with Crippen LogP contribution >= 0.6 is 0 Å². The number of rotatable bonds is 4. The van der Waals surface area contributed by atoms with E-state index in [4.69, 9.17) is 19.3 Å². The molecule has 2 aliphatic rings. The minimum atomic E-state index is -0.328. The Balaban J connectivity index is 0.000000225. The van der Waals surface area contributed by atoms with Crippen LogP contribution in [0.2, 0.25) is 0 Å². The number of hydrogen-bond donors (Lipinski definition) is 1. The summed E-state index contributed by atoms with van der Waals surface area (Å²) in [5.41, 5.74) is 0.438. The maximum atomic E-state index is 10.9. The van der Waals surface area contributed by atoms with Crippen LogP contribution in [-0.4, -0.2) is 49.7 Å². The van der Waals surface area contributed by atoms with E-state index in [2.05, 4.69) is 6.58 Å². The van der Waals surface area contributed by atoms with Gasteiger partial charge in [-0.2, -0.15) is 0 Å². The Morgan fingerprint density at radius 1 is 1.33 bits per heavy atom. The van der Waals surface area contributed by atoms with Crippen molar-refractivity contribution in [1.82, 2.24) is 0 Å². The van der Waals surface area contributed by atoms with E-state index < -0.39 is 0 Å². The highest BCUT2D eigenvalue weighted by atomic mass is 16.6. The van der Waals surface area contributed by atoms with Crippen LogP contribution in [0.3, 0.4) is 0 Å². The minimum Gasteiger partial charge on any atom is -0.460 e. The Morgan fingerprint density at radius 2 is 2.00 bits per heavy atom. The molecular weight excluding hydrogens is 236 g/mol. The van der Waals surface area contributed by atoms with Crippen molar-refractivity contribution < 1.29 is 24.1 Å². The summed E-state index contributed by atoms with van der Waals surface area (Å²) < 4.78 is 15.0. The molecule has 2 saturated heterocycles. The lowest BCUT2D eigenvalue weighted by molar-refractivity contribution is -0.142. The van der Waals surface area contributed by atoms with Gasteiger partial charge in [0.1, 0.15) is 6.61 Å². The van der Waals surface area contributed by atoms with Gasteiger partial charge in [0.05, 0.1) is 18.8 Å². The Morgan fingerprint density at radius 3 is 2.33 bits per heavy atom. The van der Waals surface area contributed by atoms with E-state index in [9.17, 15) is 4.79 Å². The van der Waals surface area contributed by atoms with Gasteiger partial charge in [-0.3, -0.25) is 0 Å². The van der Waals surface area contributed by atoms with E-state index in [1.165, 1.54) is 0 Å². The van der Waals surface area contributed by atoms with Crippen molar-refractivity contribution in [2.75, 3.05) is 26.4 Å². The highest BCUT2D eigenvalue weighted by molar-refractivity contribution is 5.86. The van der Waals surface area contributed by atoms with Crippen LogP contribution in [0.1, 0.15) is 26.2 Å². The number of carbonyl (C=O) groups is 1. The maximum Gasteiger partial charge on any atom is 0.333 e. The average Bonchev–Trinajstić information content (AvgIpc) is 2.77. The summed E-state index contributed by atoms with van der Waals surface area (Å²) in [5.74, 6) is -0.328. The lowest BCUT2D eigenvalue weighted by Gasteiger charge is -2.23. The van der Waals surface area contributed by atoms with Crippen LogP contribution in [0, 0.1) is 0 Å². The number of hydrogen-bond acceptors (Lipinski definition) is 5. The standard InChI is InChI=1S/C9H14O3.C4H8O2/c1-7(2)9(10)12-6-8-4-3-5-11-8;5-3-4-1-2-6-4/h8H,1,3-6H2,2H3;4-5H,1-3H2. The molecule has 0 radical (unpaired) electrons. The fourth-order valence-electron chi connectivity index (χ4n) is 1.50. The van der Waals surface area contributed by atoms with Crippen molar-refractivity contribution in [3.05, 3.63) is 12.2 Å². The molecule has 2 heterocycles. The molecule has 104 valence electrons. The van der Waals surface area contributed by atoms with Crippen molar-refractivity contribution in [1.29, 1.82) is 0 Å². The maximum absolute atomic E-state index is 10.9. The molecule has 2 fully saturated rings. The van der Waals surface area contributed by atoms with Crippen LogP contribution in [0.4, 0.5) is 0 Å². The third-order valence-corrected chi connectivity index (χ3v) is 2.77. The first-order valence-corrected chi connectivity index (χ1v) is 6.30. The van der Waals surface area contributed by atoms with Gasteiger partial charge in [0.25, 0.3) is 0 Å². The molecule has 0 bridgehead atoms. The molecule has 5 nitrogen and oxygen atoms in total. The first-order valence-electron chi connectivity index (χ1n) is 6.30. The fraction of sp³-hybridized carbons (Fsp3) is 0.769. The molecule has 0 spiro atoms. The van der Waals surface area contributed by atoms with Gasteiger partial charge in [0.15, 0.2) is 0 Å². The van der Waals surface area contributed by atoms with Gasteiger partial charge in [-0.25, -0.2) is 4.79 Å². The van der Waals surface area contributed by atoms with Gasteiger partial charge in [-0.1, -0.05) is 6.58 Å². The van der Waals surface area contributed by atoms with Crippen molar-refractivity contribution in [3.8, 4) is 0 Å². The Bertz CT molecular complexity index is 264. The second-order valence-electron chi connectivity index (χ2n) is 4.48. The normalized spacial score (nSPS) is 25.7. The van der Waals surface area contributed by atoms with E-state index in [0.29, 0.717) is 12.2 Å². The molecule has 5 heteroatoms. The molecule has 0 aromatic heterocycles. The number of esters is 1. The molecule has 2 unspecified atom stereocenters. The third kappa shape index (κ3) is 5.62. The van der Waals surface area contributed by atoms with Crippen LogP contribution in [0.5, 0.6) is 0 Å². The summed E-state index contributed by atoms with van der Waals surface area (Å²) in [6.45, 7) is 7.31. The lowest BCUT2D eigenvalue weighted by Crippen LogP contribution is -2.29. The number of ether oxygens (including phenoxy) is 3. The van der Waals surface area contributed by atoms with Crippen LogP contribution in [0.25, 0.3) is 0 Å². The average molecular weight is 258 g/mol. The Labute approximate surface area is 108 Å². The molecule has 2 atom stereocenters. The zero-order chi connectivity index (χ0) is 13.4. The molecular formula is C13H22O5. The van der Waals surface area contributed by atoms with Crippen molar-refractivity contribution in [2.45, 2.75) is 38.4 Å². The van der Waals surface area contributed by atoms with Crippen molar-refractivity contribution in [2.24, 2.45) is 0 Å². The van der Waals surface area contributed by atoms with Crippen molar-refractivity contribution >= 4 is 5.97 Å². The molecule has 2 rings (SSSR count). The first kappa shape index (κ1) is 15.1. The fourth-order valence-corrected chi connectivity index (χ4v) is 1.50. The van der Waals surface area contributed by atoms with Gasteiger partial charge in [-0.15, -0.1) is 0 Å². The van der Waals surface area contributed by atoms with Gasteiger partial charge >= 0.3 is 5.97 Å².